The van der Waals surface area contributed by atoms with Gasteiger partial charge in [0.2, 0.25) is 5.91 Å². The number of aryl methyl sites for hydroxylation is 1. The second-order valence-electron chi connectivity index (χ2n) is 8.16. The van der Waals surface area contributed by atoms with Crippen molar-refractivity contribution < 1.29 is 18.7 Å². The molecule has 0 bridgehead atoms. The molecule has 0 saturated carbocycles. The summed E-state index contributed by atoms with van der Waals surface area (Å²) in [4.78, 5) is 29.3. The standard InChI is InChI=1S/C22H32N2O4/c1-5-11-24-20(25)15-18(21(26)27-4)22(24)9-13-23(14-10-22)12-8-16(2)19-7-6-17(3)28-19/h5-7,16,18H,1,8-15H2,2-4H3. The lowest BCUT2D eigenvalue weighted by Crippen LogP contribution is -2.57. The van der Waals surface area contributed by atoms with Crippen molar-refractivity contribution in [1.29, 1.82) is 0 Å². The molecule has 3 heterocycles. The summed E-state index contributed by atoms with van der Waals surface area (Å²) in [6.07, 6.45) is 4.60. The molecule has 3 rings (SSSR count). The number of likely N-dealkylation sites (tertiary alicyclic amines) is 2. The minimum atomic E-state index is -0.432. The lowest BCUT2D eigenvalue weighted by molar-refractivity contribution is -0.150. The molecule has 1 aromatic heterocycles. The number of hydrogen-bond donors (Lipinski definition) is 0. The van der Waals surface area contributed by atoms with Crippen LogP contribution < -0.4 is 0 Å². The minimum Gasteiger partial charge on any atom is -0.469 e. The van der Waals surface area contributed by atoms with Crippen LogP contribution in [-0.4, -0.2) is 60.5 Å². The second kappa shape index (κ2) is 8.52. The average Bonchev–Trinajstić information content (AvgIpc) is 3.24. The Bertz CT molecular complexity index is 718. The van der Waals surface area contributed by atoms with Crippen LogP contribution in [-0.2, 0) is 14.3 Å². The smallest absolute Gasteiger partial charge is 0.311 e. The summed E-state index contributed by atoms with van der Waals surface area (Å²) in [5.74, 6) is 1.75. The van der Waals surface area contributed by atoms with Crippen LogP contribution in [0.1, 0.15) is 50.0 Å². The van der Waals surface area contributed by atoms with E-state index in [0.29, 0.717) is 12.5 Å². The van der Waals surface area contributed by atoms with Gasteiger partial charge in [-0.15, -0.1) is 6.58 Å². The van der Waals surface area contributed by atoms with Crippen molar-refractivity contribution in [2.24, 2.45) is 5.92 Å². The van der Waals surface area contributed by atoms with Gasteiger partial charge in [-0.25, -0.2) is 0 Å². The highest BCUT2D eigenvalue weighted by Crippen LogP contribution is 2.44. The predicted octanol–water partition coefficient (Wildman–Crippen LogP) is 3.12. The molecule has 2 aliphatic heterocycles. The zero-order valence-corrected chi connectivity index (χ0v) is 17.3. The first-order valence-corrected chi connectivity index (χ1v) is 10.2. The van der Waals surface area contributed by atoms with Crippen LogP contribution in [0.5, 0.6) is 0 Å². The third-order valence-corrected chi connectivity index (χ3v) is 6.51. The van der Waals surface area contributed by atoms with Crippen LogP contribution in [0.25, 0.3) is 0 Å². The van der Waals surface area contributed by atoms with E-state index in [1.54, 1.807) is 6.08 Å². The molecule has 0 N–H and O–H groups in total. The third-order valence-electron chi connectivity index (χ3n) is 6.51. The number of amides is 1. The number of methoxy groups -OCH3 is 1. The van der Waals surface area contributed by atoms with Gasteiger partial charge >= 0.3 is 5.97 Å². The van der Waals surface area contributed by atoms with Crippen molar-refractivity contribution in [3.63, 3.8) is 0 Å². The third kappa shape index (κ3) is 3.88. The quantitative estimate of drug-likeness (QED) is 0.530. The van der Waals surface area contributed by atoms with Gasteiger partial charge < -0.3 is 19.0 Å². The van der Waals surface area contributed by atoms with Crippen LogP contribution >= 0.6 is 0 Å². The summed E-state index contributed by atoms with van der Waals surface area (Å²) in [5.41, 5.74) is -0.432. The molecule has 0 aromatic carbocycles. The van der Waals surface area contributed by atoms with E-state index in [4.69, 9.17) is 9.15 Å². The summed E-state index contributed by atoms with van der Waals surface area (Å²) in [6, 6.07) is 4.07. The summed E-state index contributed by atoms with van der Waals surface area (Å²) < 4.78 is 10.8. The van der Waals surface area contributed by atoms with E-state index in [0.717, 1.165) is 50.4 Å². The predicted molar refractivity (Wildman–Crippen MR) is 107 cm³/mol. The summed E-state index contributed by atoms with van der Waals surface area (Å²) in [5, 5.41) is 0. The van der Waals surface area contributed by atoms with Crippen molar-refractivity contribution in [3.8, 4) is 0 Å². The van der Waals surface area contributed by atoms with E-state index >= 15 is 0 Å². The molecule has 28 heavy (non-hydrogen) atoms. The Labute approximate surface area is 167 Å². The Morgan fingerprint density at radius 1 is 1.43 bits per heavy atom. The number of carbonyl (C=O) groups is 2. The monoisotopic (exact) mass is 388 g/mol. The van der Waals surface area contributed by atoms with E-state index < -0.39 is 5.54 Å². The Morgan fingerprint density at radius 2 is 2.14 bits per heavy atom. The topological polar surface area (TPSA) is 63.0 Å². The molecule has 1 amide bonds. The summed E-state index contributed by atoms with van der Waals surface area (Å²) in [7, 11) is 1.41. The first-order chi connectivity index (χ1) is 13.4. The zero-order chi connectivity index (χ0) is 20.3. The second-order valence-corrected chi connectivity index (χ2v) is 8.16. The van der Waals surface area contributed by atoms with Crippen LogP contribution in [0.2, 0.25) is 0 Å². The first kappa shape index (κ1) is 20.6. The van der Waals surface area contributed by atoms with E-state index in [2.05, 4.69) is 24.5 Å². The highest BCUT2D eigenvalue weighted by molar-refractivity contribution is 5.89. The number of furan rings is 1. The molecule has 0 aliphatic carbocycles. The number of rotatable bonds is 7. The lowest BCUT2D eigenvalue weighted by atomic mass is 9.76. The average molecular weight is 389 g/mol. The van der Waals surface area contributed by atoms with Gasteiger partial charge in [0, 0.05) is 32.0 Å². The highest BCUT2D eigenvalue weighted by atomic mass is 16.5. The van der Waals surface area contributed by atoms with E-state index in [9.17, 15) is 9.59 Å². The minimum absolute atomic E-state index is 0.0329. The SMILES string of the molecule is C=CCN1C(=O)CC(C(=O)OC)C12CCN(CCC(C)c1ccc(C)o1)CC2. The van der Waals surface area contributed by atoms with Crippen LogP contribution in [0, 0.1) is 12.8 Å². The maximum atomic E-state index is 12.6. The van der Waals surface area contributed by atoms with E-state index in [-0.39, 0.29) is 24.2 Å². The van der Waals surface area contributed by atoms with Gasteiger partial charge in [0.05, 0.1) is 18.6 Å². The van der Waals surface area contributed by atoms with Gasteiger partial charge in [0.1, 0.15) is 11.5 Å². The van der Waals surface area contributed by atoms with Crippen molar-refractivity contribution in [2.75, 3.05) is 33.3 Å². The molecule has 154 valence electrons. The van der Waals surface area contributed by atoms with Crippen molar-refractivity contribution in [3.05, 3.63) is 36.3 Å². The van der Waals surface area contributed by atoms with Crippen LogP contribution in [0.4, 0.5) is 0 Å². The zero-order valence-electron chi connectivity index (χ0n) is 17.3. The number of carbonyl (C=O) groups excluding carboxylic acids is 2. The van der Waals surface area contributed by atoms with E-state index in [1.807, 2.05) is 17.9 Å². The number of nitrogens with zero attached hydrogens (tertiary/aromatic N) is 2. The summed E-state index contributed by atoms with van der Waals surface area (Å²) >= 11 is 0. The fourth-order valence-corrected chi connectivity index (χ4v) is 4.79. The molecule has 1 aromatic rings. The van der Waals surface area contributed by atoms with E-state index in [1.165, 1.54) is 7.11 Å². The largest absolute Gasteiger partial charge is 0.469 e. The molecular weight excluding hydrogens is 356 g/mol. The van der Waals surface area contributed by atoms with Gasteiger partial charge in [-0.2, -0.15) is 0 Å². The normalized spacial score (nSPS) is 23.2. The molecule has 6 heteroatoms. The molecule has 2 saturated heterocycles. The summed E-state index contributed by atoms with van der Waals surface area (Å²) in [6.45, 7) is 11.2. The Balaban J connectivity index is 1.63. The number of piperidine rings is 1. The molecule has 2 fully saturated rings. The molecule has 2 atom stereocenters. The van der Waals surface area contributed by atoms with Gasteiger partial charge in [-0.3, -0.25) is 9.59 Å². The highest BCUT2D eigenvalue weighted by Gasteiger charge is 2.56. The molecular formula is C22H32N2O4. The van der Waals surface area contributed by atoms with Crippen LogP contribution in [0.3, 0.4) is 0 Å². The Morgan fingerprint density at radius 3 is 2.71 bits per heavy atom. The molecule has 2 unspecified atom stereocenters. The number of esters is 1. The Hall–Kier alpha value is -2.08. The van der Waals surface area contributed by atoms with Crippen molar-refractivity contribution in [2.45, 2.75) is 51.0 Å². The van der Waals surface area contributed by atoms with Crippen molar-refractivity contribution in [1.82, 2.24) is 9.80 Å². The van der Waals surface area contributed by atoms with Crippen LogP contribution in [0.15, 0.2) is 29.2 Å². The molecule has 0 radical (unpaired) electrons. The number of hydrogen-bond acceptors (Lipinski definition) is 5. The van der Waals surface area contributed by atoms with Gasteiger partial charge in [-0.1, -0.05) is 13.0 Å². The number of ether oxygens (including phenoxy) is 1. The van der Waals surface area contributed by atoms with Gasteiger partial charge in [-0.05, 0) is 44.9 Å². The van der Waals surface area contributed by atoms with Gasteiger partial charge in [0.25, 0.3) is 0 Å². The van der Waals surface area contributed by atoms with Gasteiger partial charge in [0.15, 0.2) is 0 Å². The fraction of sp³-hybridized carbons (Fsp3) is 0.636. The Kier molecular flexibility index (Phi) is 6.28. The molecule has 2 aliphatic rings. The van der Waals surface area contributed by atoms with Crippen molar-refractivity contribution >= 4 is 11.9 Å². The first-order valence-electron chi connectivity index (χ1n) is 10.2. The molecule has 1 spiro atoms. The maximum absolute atomic E-state index is 12.6. The maximum Gasteiger partial charge on any atom is 0.311 e. The fourth-order valence-electron chi connectivity index (χ4n) is 4.79. The lowest BCUT2D eigenvalue weighted by Gasteiger charge is -2.47. The molecule has 6 nitrogen and oxygen atoms in total.